The highest BCUT2D eigenvalue weighted by Crippen LogP contribution is 2.24. The molecule has 1 atom stereocenters. The first-order chi connectivity index (χ1) is 13.3. The number of nitrogens with zero attached hydrogens (tertiary/aromatic N) is 8. The second-order valence-corrected chi connectivity index (χ2v) is 6.35. The summed E-state index contributed by atoms with van der Waals surface area (Å²) in [6.07, 6.45) is 5.50. The molecular weight excluding hydrogens is 350 g/mol. The third kappa shape index (κ3) is 3.70. The quantitative estimate of drug-likeness (QED) is 0.653. The van der Waals surface area contributed by atoms with E-state index in [4.69, 9.17) is 4.74 Å². The van der Waals surface area contributed by atoms with Crippen LogP contribution in [-0.4, -0.2) is 87.6 Å². The third-order valence-electron chi connectivity index (χ3n) is 4.74. The van der Waals surface area contributed by atoms with Crippen LogP contribution < -0.4 is 15.3 Å². The van der Waals surface area contributed by atoms with Crippen LogP contribution in [0.4, 0.5) is 11.6 Å². The van der Waals surface area contributed by atoms with Gasteiger partial charge in [0.2, 0.25) is 0 Å². The van der Waals surface area contributed by atoms with Gasteiger partial charge in [-0.25, -0.2) is 19.7 Å². The topological polar surface area (TPSA) is 108 Å². The molecule has 2 aliphatic rings. The molecule has 27 heavy (non-hydrogen) atoms. The van der Waals surface area contributed by atoms with Crippen molar-refractivity contribution in [1.82, 2.24) is 35.3 Å². The summed E-state index contributed by atoms with van der Waals surface area (Å²) >= 11 is 0. The average molecular weight is 373 g/mol. The van der Waals surface area contributed by atoms with Crippen LogP contribution >= 0.6 is 0 Å². The van der Waals surface area contributed by atoms with Gasteiger partial charge >= 0.3 is 0 Å². The summed E-state index contributed by atoms with van der Waals surface area (Å²) in [5, 5.41) is 19.9. The number of rotatable bonds is 6. The van der Waals surface area contributed by atoms with Crippen molar-refractivity contribution in [3.05, 3.63) is 31.0 Å². The van der Waals surface area contributed by atoms with E-state index >= 15 is 0 Å². The van der Waals surface area contributed by atoms with E-state index in [1.54, 1.807) is 30.7 Å². The van der Waals surface area contributed by atoms with Gasteiger partial charge in [-0.3, -0.25) is 10.3 Å². The number of hydrogen-bond donors (Lipinski definition) is 2. The van der Waals surface area contributed by atoms with E-state index in [0.29, 0.717) is 11.5 Å². The molecule has 1 saturated heterocycles. The van der Waals surface area contributed by atoms with Crippen molar-refractivity contribution in [2.75, 3.05) is 56.3 Å². The zero-order valence-corrected chi connectivity index (χ0v) is 15.1. The van der Waals surface area contributed by atoms with Gasteiger partial charge in [0.1, 0.15) is 17.8 Å². The number of methoxy groups -OCH3 is 1. The molecule has 2 aromatic heterocycles. The maximum atomic E-state index is 10.6. The van der Waals surface area contributed by atoms with Gasteiger partial charge in [-0.2, -0.15) is 0 Å². The summed E-state index contributed by atoms with van der Waals surface area (Å²) < 4.78 is 6.66. The molecule has 1 unspecified atom stereocenters. The number of anilines is 2. The number of aromatic nitrogens is 5. The van der Waals surface area contributed by atoms with Crippen LogP contribution in [0.25, 0.3) is 5.70 Å². The van der Waals surface area contributed by atoms with Crippen LogP contribution in [0.15, 0.2) is 31.0 Å². The molecule has 0 aliphatic carbocycles. The molecule has 11 nitrogen and oxygen atoms in total. The predicted molar refractivity (Wildman–Crippen MR) is 98.5 cm³/mol. The molecule has 2 N–H and O–H groups in total. The van der Waals surface area contributed by atoms with Crippen LogP contribution in [0, 0.1) is 0 Å². The molecule has 2 aromatic rings. The molecule has 0 saturated carbocycles. The number of piperazine rings is 1. The fraction of sp³-hybridized carbons (Fsp3) is 0.500. The second-order valence-electron chi connectivity index (χ2n) is 6.35. The van der Waals surface area contributed by atoms with Gasteiger partial charge in [0.05, 0.1) is 19.0 Å². The lowest BCUT2D eigenvalue weighted by Gasteiger charge is -2.35. The zero-order chi connectivity index (χ0) is 18.6. The Morgan fingerprint density at radius 1 is 1.22 bits per heavy atom. The van der Waals surface area contributed by atoms with Crippen molar-refractivity contribution < 1.29 is 9.84 Å². The molecule has 1 fully saturated rings. The number of aliphatic hydroxyl groups is 1. The first-order valence-electron chi connectivity index (χ1n) is 8.85. The van der Waals surface area contributed by atoms with E-state index in [1.165, 1.54) is 11.0 Å². The first-order valence-corrected chi connectivity index (χ1v) is 8.85. The highest BCUT2D eigenvalue weighted by atomic mass is 16.5. The molecule has 4 heterocycles. The molecule has 144 valence electrons. The molecule has 4 rings (SSSR count). The third-order valence-corrected chi connectivity index (χ3v) is 4.74. The minimum Gasteiger partial charge on any atom is -0.383 e. The number of aliphatic hydroxyl groups excluding tert-OH is 1. The summed E-state index contributed by atoms with van der Waals surface area (Å²) in [6, 6.07) is 1.87. The van der Waals surface area contributed by atoms with Crippen molar-refractivity contribution in [1.29, 1.82) is 0 Å². The van der Waals surface area contributed by atoms with Crippen LogP contribution in [0.5, 0.6) is 0 Å². The van der Waals surface area contributed by atoms with Crippen LogP contribution in [0.2, 0.25) is 0 Å². The second kappa shape index (κ2) is 7.86. The lowest BCUT2D eigenvalue weighted by Crippen LogP contribution is -2.47. The standard InChI is InChI=1S/C16H23N9O2/c1-27-9-8-22-4-6-23(7-5-22)14-10-15(18-12-17-14)25-16(26)13(11-20-25)24-3-2-19-21-24/h2-3,10-12,16,20,26H,4-9H2,1H3. The molecule has 0 spiro atoms. The Balaban J connectivity index is 1.42. The van der Waals surface area contributed by atoms with E-state index in [2.05, 4.69) is 35.5 Å². The maximum Gasteiger partial charge on any atom is 0.192 e. The lowest BCUT2D eigenvalue weighted by molar-refractivity contribution is 0.144. The predicted octanol–water partition coefficient (Wildman–Crippen LogP) is -1.02. The Labute approximate surface area is 156 Å². The molecule has 0 radical (unpaired) electrons. The number of nitrogens with one attached hydrogen (secondary N) is 1. The van der Waals surface area contributed by atoms with Crippen LogP contribution in [-0.2, 0) is 4.74 Å². The van der Waals surface area contributed by atoms with Crippen molar-refractivity contribution in [2.45, 2.75) is 6.23 Å². The highest BCUT2D eigenvalue weighted by molar-refractivity contribution is 5.61. The SMILES string of the molecule is COCCN1CCN(c2cc(N3NC=C(n4ccnn4)C3O)ncn2)CC1. The van der Waals surface area contributed by atoms with E-state index in [0.717, 1.165) is 45.1 Å². The zero-order valence-electron chi connectivity index (χ0n) is 15.1. The smallest absolute Gasteiger partial charge is 0.192 e. The highest BCUT2D eigenvalue weighted by Gasteiger charge is 2.29. The number of hydrazine groups is 1. The van der Waals surface area contributed by atoms with Gasteiger partial charge in [0.25, 0.3) is 0 Å². The van der Waals surface area contributed by atoms with Crippen LogP contribution in [0.1, 0.15) is 0 Å². The first kappa shape index (κ1) is 17.6. The molecular formula is C16H23N9O2. The van der Waals surface area contributed by atoms with Crippen molar-refractivity contribution in [2.24, 2.45) is 0 Å². The monoisotopic (exact) mass is 373 g/mol. The summed E-state index contributed by atoms with van der Waals surface area (Å²) in [5.74, 6) is 1.43. The molecule has 0 amide bonds. The Hall–Kier alpha value is -2.76. The molecule has 0 bridgehead atoms. The number of ether oxygens (including phenoxy) is 1. The van der Waals surface area contributed by atoms with E-state index in [9.17, 15) is 5.11 Å². The fourth-order valence-corrected chi connectivity index (χ4v) is 3.20. The van der Waals surface area contributed by atoms with E-state index in [-0.39, 0.29) is 0 Å². The summed E-state index contributed by atoms with van der Waals surface area (Å²) in [7, 11) is 1.72. The van der Waals surface area contributed by atoms with E-state index in [1.807, 2.05) is 6.07 Å². The Bertz CT molecular complexity index is 774. The van der Waals surface area contributed by atoms with E-state index < -0.39 is 6.23 Å². The lowest BCUT2D eigenvalue weighted by atomic mass is 10.3. The Morgan fingerprint density at radius 3 is 2.78 bits per heavy atom. The van der Waals surface area contributed by atoms with Crippen molar-refractivity contribution >= 4 is 17.3 Å². The minimum absolute atomic E-state index is 0.569. The van der Waals surface area contributed by atoms with Gasteiger partial charge in [-0.1, -0.05) is 5.21 Å². The maximum absolute atomic E-state index is 10.6. The van der Waals surface area contributed by atoms with Gasteiger partial charge in [-0.05, 0) is 0 Å². The average Bonchev–Trinajstić information content (AvgIpc) is 3.36. The van der Waals surface area contributed by atoms with Crippen molar-refractivity contribution in [3.63, 3.8) is 0 Å². The summed E-state index contributed by atoms with van der Waals surface area (Å²) in [5.41, 5.74) is 3.59. The number of hydrogen-bond acceptors (Lipinski definition) is 10. The Morgan fingerprint density at radius 2 is 2.04 bits per heavy atom. The van der Waals surface area contributed by atoms with Gasteiger partial charge in [0, 0.05) is 52.1 Å². The summed E-state index contributed by atoms with van der Waals surface area (Å²) in [4.78, 5) is 13.3. The van der Waals surface area contributed by atoms with Gasteiger partial charge < -0.3 is 14.7 Å². The fourth-order valence-electron chi connectivity index (χ4n) is 3.20. The van der Waals surface area contributed by atoms with Crippen molar-refractivity contribution in [3.8, 4) is 0 Å². The van der Waals surface area contributed by atoms with Crippen LogP contribution in [0.3, 0.4) is 0 Å². The molecule has 2 aliphatic heterocycles. The molecule has 11 heteroatoms. The normalized spacial score (nSPS) is 20.7. The van der Waals surface area contributed by atoms with Gasteiger partial charge in [0.15, 0.2) is 12.0 Å². The minimum atomic E-state index is -0.930. The largest absolute Gasteiger partial charge is 0.383 e. The molecule has 0 aromatic carbocycles. The van der Waals surface area contributed by atoms with Gasteiger partial charge in [-0.15, -0.1) is 5.10 Å². The Kier molecular flexibility index (Phi) is 5.14. The summed E-state index contributed by atoms with van der Waals surface area (Å²) in [6.45, 7) is 5.39.